The van der Waals surface area contributed by atoms with Crippen LogP contribution in [-0.4, -0.2) is 19.5 Å². The molecule has 2 nitrogen and oxygen atoms in total. The van der Waals surface area contributed by atoms with E-state index >= 15 is 0 Å². The van der Waals surface area contributed by atoms with Gasteiger partial charge in [-0.3, -0.25) is 0 Å². The SMILES string of the molecule is COP1(OC)=C(c2ccccc2)C=C(C)C=C1c1ccccc1. The summed E-state index contributed by atoms with van der Waals surface area (Å²) in [6, 6.07) is 20.7. The Morgan fingerprint density at radius 3 is 1.74 bits per heavy atom. The molecule has 2 aromatic rings. The molecule has 0 spiro atoms. The number of rotatable bonds is 4. The quantitative estimate of drug-likeness (QED) is 0.706. The van der Waals surface area contributed by atoms with Crippen molar-refractivity contribution in [2.24, 2.45) is 0 Å². The highest BCUT2D eigenvalue weighted by molar-refractivity contribution is 7.78. The lowest BCUT2D eigenvalue weighted by atomic mass is 10.1. The first kappa shape index (κ1) is 16.0. The Balaban J connectivity index is 2.33. The molecule has 1 heterocycles. The van der Waals surface area contributed by atoms with E-state index in [2.05, 4.69) is 43.3 Å². The van der Waals surface area contributed by atoms with Crippen molar-refractivity contribution in [3.8, 4) is 0 Å². The standard InChI is InChI=1S/C20H21O2P/c1-16-14-19(17-10-6-4-7-11-17)23(21-2,22-3)20(15-16)18-12-8-5-9-13-18/h4-15H,1-3H3. The number of hydrogen-bond donors (Lipinski definition) is 0. The lowest BCUT2D eigenvalue weighted by molar-refractivity contribution is 0.345. The largest absolute Gasteiger partial charge is 0.337 e. The summed E-state index contributed by atoms with van der Waals surface area (Å²) in [7, 11) is 1.13. The van der Waals surface area contributed by atoms with Crippen LogP contribution in [0.3, 0.4) is 0 Å². The number of allylic oxidation sites excluding steroid dienone is 3. The van der Waals surface area contributed by atoms with E-state index in [1.54, 1.807) is 14.2 Å². The van der Waals surface area contributed by atoms with E-state index in [9.17, 15) is 0 Å². The van der Waals surface area contributed by atoms with Gasteiger partial charge in [-0.1, -0.05) is 60.7 Å². The third-order valence-electron chi connectivity index (χ3n) is 4.02. The van der Waals surface area contributed by atoms with Gasteiger partial charge in [-0.15, -0.1) is 0 Å². The first-order chi connectivity index (χ1) is 11.2. The Kier molecular flexibility index (Phi) is 4.68. The number of hydrogen-bond acceptors (Lipinski definition) is 2. The summed E-state index contributed by atoms with van der Waals surface area (Å²) in [4.78, 5) is 0. The fourth-order valence-electron chi connectivity index (χ4n) is 2.97. The fourth-order valence-corrected chi connectivity index (χ4v) is 5.89. The van der Waals surface area contributed by atoms with Gasteiger partial charge in [0, 0.05) is 24.8 Å². The normalized spacial score (nSPS) is 16.7. The molecule has 23 heavy (non-hydrogen) atoms. The molecule has 0 atom stereocenters. The Bertz CT molecular complexity index is 794. The van der Waals surface area contributed by atoms with Gasteiger partial charge in [0.1, 0.15) is 0 Å². The Hall–Kier alpha value is -1.86. The third kappa shape index (κ3) is 2.86. The molecule has 3 heteroatoms. The van der Waals surface area contributed by atoms with E-state index in [0.717, 1.165) is 21.7 Å². The molecule has 0 aliphatic carbocycles. The molecule has 0 saturated carbocycles. The van der Waals surface area contributed by atoms with Gasteiger partial charge < -0.3 is 9.05 Å². The van der Waals surface area contributed by atoms with Crippen LogP contribution in [0.5, 0.6) is 0 Å². The van der Waals surface area contributed by atoms with Crippen molar-refractivity contribution < 1.29 is 9.05 Å². The van der Waals surface area contributed by atoms with Gasteiger partial charge in [-0.25, -0.2) is 0 Å². The molecule has 3 rings (SSSR count). The van der Waals surface area contributed by atoms with E-state index in [4.69, 9.17) is 9.05 Å². The molecule has 2 aromatic carbocycles. The summed E-state index contributed by atoms with van der Waals surface area (Å²) in [6.45, 7) is 2.12. The maximum Gasteiger partial charge on any atom is 0.162 e. The average Bonchev–Trinajstić information content (AvgIpc) is 2.63. The van der Waals surface area contributed by atoms with E-state index in [-0.39, 0.29) is 0 Å². The number of benzene rings is 2. The first-order valence-corrected chi connectivity index (χ1v) is 9.23. The summed E-state index contributed by atoms with van der Waals surface area (Å²) >= 11 is 0. The van der Waals surface area contributed by atoms with Gasteiger partial charge in [0.15, 0.2) is 7.34 Å². The van der Waals surface area contributed by atoms with Crippen molar-refractivity contribution in [3.63, 3.8) is 0 Å². The molecule has 1 aliphatic heterocycles. The predicted molar refractivity (Wildman–Crippen MR) is 99.7 cm³/mol. The lowest BCUT2D eigenvalue weighted by Crippen LogP contribution is -2.10. The van der Waals surface area contributed by atoms with Gasteiger partial charge in [0.05, 0.1) is 0 Å². The van der Waals surface area contributed by atoms with Crippen LogP contribution >= 0.6 is 7.34 Å². The Labute approximate surface area is 138 Å². The molecule has 118 valence electrons. The fraction of sp³-hybridized carbons (Fsp3) is 0.150. The van der Waals surface area contributed by atoms with E-state index in [1.165, 1.54) is 5.57 Å². The molecule has 0 aromatic heterocycles. The van der Waals surface area contributed by atoms with Crippen LogP contribution in [0.25, 0.3) is 5.31 Å². The molecule has 0 N–H and O–H groups in total. The maximum absolute atomic E-state index is 6.05. The molecule has 0 saturated heterocycles. The maximum atomic E-state index is 6.05. The summed E-state index contributed by atoms with van der Waals surface area (Å²) in [5.41, 5.74) is 3.49. The zero-order valence-corrected chi connectivity index (χ0v) is 14.6. The van der Waals surface area contributed by atoms with Gasteiger partial charge >= 0.3 is 0 Å². The van der Waals surface area contributed by atoms with E-state index in [1.807, 2.05) is 36.4 Å². The molecule has 0 amide bonds. The lowest BCUT2D eigenvalue weighted by Gasteiger charge is -2.32. The Morgan fingerprint density at radius 2 is 1.22 bits per heavy atom. The zero-order valence-electron chi connectivity index (χ0n) is 13.7. The second-order valence-electron chi connectivity index (χ2n) is 5.45. The van der Waals surface area contributed by atoms with Gasteiger partial charge in [0.25, 0.3) is 0 Å². The van der Waals surface area contributed by atoms with Crippen LogP contribution < -0.4 is 0 Å². The topological polar surface area (TPSA) is 18.5 Å². The van der Waals surface area contributed by atoms with Crippen molar-refractivity contribution >= 4 is 17.9 Å². The van der Waals surface area contributed by atoms with Crippen LogP contribution in [0.1, 0.15) is 18.1 Å². The van der Waals surface area contributed by atoms with Crippen LogP contribution in [0.4, 0.5) is 0 Å². The van der Waals surface area contributed by atoms with Crippen molar-refractivity contribution in [3.05, 3.63) is 89.5 Å². The minimum absolute atomic E-state index is 1.13. The molecule has 0 fully saturated rings. The monoisotopic (exact) mass is 324 g/mol. The van der Waals surface area contributed by atoms with Crippen molar-refractivity contribution in [2.75, 3.05) is 14.2 Å². The van der Waals surface area contributed by atoms with E-state index in [0.29, 0.717) is 0 Å². The van der Waals surface area contributed by atoms with Crippen molar-refractivity contribution in [1.82, 2.24) is 0 Å². The smallest absolute Gasteiger partial charge is 0.162 e. The van der Waals surface area contributed by atoms with Crippen molar-refractivity contribution in [2.45, 2.75) is 6.92 Å². The minimum atomic E-state index is -2.35. The van der Waals surface area contributed by atoms with Gasteiger partial charge in [-0.2, -0.15) is 0 Å². The highest BCUT2D eigenvalue weighted by atomic mass is 31.2. The van der Waals surface area contributed by atoms with Crippen molar-refractivity contribution in [1.29, 1.82) is 0 Å². The highest BCUT2D eigenvalue weighted by Gasteiger charge is 2.31. The third-order valence-corrected chi connectivity index (χ3v) is 7.09. The van der Waals surface area contributed by atoms with Crippen LogP contribution in [-0.2, 0) is 9.05 Å². The first-order valence-electron chi connectivity index (χ1n) is 7.60. The van der Waals surface area contributed by atoms with Crippen LogP contribution in [0.2, 0.25) is 0 Å². The zero-order chi connectivity index (χ0) is 16.3. The molecule has 0 bridgehead atoms. The summed E-state index contributed by atoms with van der Waals surface area (Å²) in [5, 5.41) is 2.25. The van der Waals surface area contributed by atoms with Gasteiger partial charge in [0.2, 0.25) is 0 Å². The summed E-state index contributed by atoms with van der Waals surface area (Å²) < 4.78 is 12.1. The summed E-state index contributed by atoms with van der Waals surface area (Å²) in [6.07, 6.45) is 4.37. The second kappa shape index (κ2) is 6.72. The molecule has 0 radical (unpaired) electrons. The van der Waals surface area contributed by atoms with Crippen LogP contribution in [0, 0.1) is 0 Å². The van der Waals surface area contributed by atoms with Gasteiger partial charge in [-0.05, 0) is 35.8 Å². The predicted octanol–water partition coefficient (Wildman–Crippen LogP) is 5.35. The summed E-state index contributed by atoms with van der Waals surface area (Å²) in [5.74, 6) is 0. The highest BCUT2D eigenvalue weighted by Crippen LogP contribution is 2.64. The molecular weight excluding hydrogens is 303 g/mol. The van der Waals surface area contributed by atoms with Crippen LogP contribution in [0.15, 0.2) is 78.4 Å². The average molecular weight is 324 g/mol. The molecule has 0 unspecified atom stereocenters. The Morgan fingerprint density at radius 1 is 0.696 bits per heavy atom. The van der Waals surface area contributed by atoms with E-state index < -0.39 is 7.34 Å². The minimum Gasteiger partial charge on any atom is -0.337 e. The molecule has 1 aliphatic rings. The second-order valence-corrected chi connectivity index (χ2v) is 8.25. The molecular formula is C20H21O2P.